The molecule has 1 N–H and O–H groups in total. The normalized spacial score (nSPS) is 10.9. The molecular formula is C22H15ClFN3O2S. The maximum Gasteiger partial charge on any atom is 0.266 e. The number of benzene rings is 3. The van der Waals surface area contributed by atoms with E-state index < -0.39 is 0 Å². The van der Waals surface area contributed by atoms with Gasteiger partial charge in [-0.3, -0.25) is 14.2 Å². The summed E-state index contributed by atoms with van der Waals surface area (Å²) in [6.45, 7) is 0. The van der Waals surface area contributed by atoms with Gasteiger partial charge in [-0.25, -0.2) is 9.37 Å². The molecule has 4 aromatic rings. The van der Waals surface area contributed by atoms with E-state index in [1.165, 1.54) is 28.8 Å². The molecule has 0 aliphatic carbocycles. The van der Waals surface area contributed by atoms with Crippen molar-refractivity contribution in [2.45, 2.75) is 5.16 Å². The zero-order valence-corrected chi connectivity index (χ0v) is 17.1. The van der Waals surface area contributed by atoms with Gasteiger partial charge in [-0.1, -0.05) is 35.5 Å². The third-order valence-corrected chi connectivity index (χ3v) is 5.48. The minimum atomic E-state index is -0.380. The number of hydrogen-bond donors (Lipinski definition) is 1. The van der Waals surface area contributed by atoms with Crippen LogP contribution in [-0.4, -0.2) is 21.2 Å². The number of amides is 1. The van der Waals surface area contributed by atoms with Gasteiger partial charge in [0.25, 0.3) is 5.56 Å². The first kappa shape index (κ1) is 20.1. The molecule has 0 fully saturated rings. The zero-order valence-electron chi connectivity index (χ0n) is 15.5. The van der Waals surface area contributed by atoms with Crippen LogP contribution in [0.25, 0.3) is 16.6 Å². The quantitative estimate of drug-likeness (QED) is 0.354. The van der Waals surface area contributed by atoms with Crippen LogP contribution in [0.15, 0.2) is 82.7 Å². The van der Waals surface area contributed by atoms with E-state index in [9.17, 15) is 14.0 Å². The number of aromatic nitrogens is 2. The Morgan fingerprint density at radius 1 is 1.03 bits per heavy atom. The predicted octanol–water partition coefficient (Wildman–Crippen LogP) is 4.91. The van der Waals surface area contributed by atoms with E-state index in [0.29, 0.717) is 32.5 Å². The third-order valence-electron chi connectivity index (χ3n) is 4.29. The highest BCUT2D eigenvalue weighted by Gasteiger charge is 2.15. The lowest BCUT2D eigenvalue weighted by molar-refractivity contribution is -0.113. The minimum Gasteiger partial charge on any atom is -0.325 e. The van der Waals surface area contributed by atoms with Crippen molar-refractivity contribution in [3.05, 3.63) is 94.0 Å². The van der Waals surface area contributed by atoms with Crippen molar-refractivity contribution in [1.82, 2.24) is 9.55 Å². The Morgan fingerprint density at radius 2 is 1.73 bits per heavy atom. The second-order valence-electron chi connectivity index (χ2n) is 6.37. The lowest BCUT2D eigenvalue weighted by atomic mass is 10.2. The van der Waals surface area contributed by atoms with Gasteiger partial charge < -0.3 is 5.32 Å². The van der Waals surface area contributed by atoms with Crippen LogP contribution in [0.4, 0.5) is 10.1 Å². The molecule has 0 aliphatic heterocycles. The highest BCUT2D eigenvalue weighted by Crippen LogP contribution is 2.22. The predicted molar refractivity (Wildman–Crippen MR) is 118 cm³/mol. The number of hydrogen-bond acceptors (Lipinski definition) is 4. The first-order valence-corrected chi connectivity index (χ1v) is 10.3. The number of halogens is 2. The first-order valence-electron chi connectivity index (χ1n) is 8.97. The Labute approximate surface area is 180 Å². The summed E-state index contributed by atoms with van der Waals surface area (Å²) in [7, 11) is 0. The molecule has 3 aromatic carbocycles. The van der Waals surface area contributed by atoms with Gasteiger partial charge >= 0.3 is 0 Å². The van der Waals surface area contributed by atoms with Crippen LogP contribution in [0.1, 0.15) is 0 Å². The molecule has 0 saturated heterocycles. The molecule has 1 heterocycles. The molecule has 0 unspecified atom stereocenters. The second-order valence-corrected chi connectivity index (χ2v) is 7.75. The van der Waals surface area contributed by atoms with Crippen molar-refractivity contribution in [3.63, 3.8) is 0 Å². The van der Waals surface area contributed by atoms with E-state index in [1.807, 2.05) is 0 Å². The summed E-state index contributed by atoms with van der Waals surface area (Å²) in [5.41, 5.74) is 1.41. The van der Waals surface area contributed by atoms with Gasteiger partial charge in [0, 0.05) is 10.7 Å². The van der Waals surface area contributed by atoms with Crippen LogP contribution in [0, 0.1) is 5.82 Å². The summed E-state index contributed by atoms with van der Waals surface area (Å²) in [5, 5.41) is 4.11. The Hall–Kier alpha value is -3.16. The number of thioether (sulfide) groups is 1. The third kappa shape index (κ3) is 4.37. The highest BCUT2D eigenvalue weighted by molar-refractivity contribution is 7.99. The summed E-state index contributed by atoms with van der Waals surface area (Å²) in [6.07, 6.45) is 0. The fourth-order valence-corrected chi connectivity index (χ4v) is 3.83. The minimum absolute atomic E-state index is 0.0236. The van der Waals surface area contributed by atoms with Gasteiger partial charge in [0.15, 0.2) is 5.16 Å². The van der Waals surface area contributed by atoms with Gasteiger partial charge in [-0.05, 0) is 60.7 Å². The smallest absolute Gasteiger partial charge is 0.266 e. The van der Waals surface area contributed by atoms with Gasteiger partial charge in [0.2, 0.25) is 5.91 Å². The monoisotopic (exact) mass is 439 g/mol. The largest absolute Gasteiger partial charge is 0.325 e. The molecule has 5 nitrogen and oxygen atoms in total. The molecule has 0 saturated carbocycles. The van der Waals surface area contributed by atoms with E-state index in [2.05, 4.69) is 10.3 Å². The number of nitrogens with zero attached hydrogens (tertiary/aromatic N) is 2. The number of rotatable bonds is 5. The summed E-state index contributed by atoms with van der Waals surface area (Å²) in [6, 6.07) is 19.4. The summed E-state index contributed by atoms with van der Waals surface area (Å²) < 4.78 is 14.5. The van der Waals surface area contributed by atoms with Crippen LogP contribution in [0.2, 0.25) is 5.02 Å². The topological polar surface area (TPSA) is 64.0 Å². The van der Waals surface area contributed by atoms with E-state index in [4.69, 9.17) is 11.6 Å². The van der Waals surface area contributed by atoms with Gasteiger partial charge in [0.1, 0.15) is 5.82 Å². The number of anilines is 1. The summed E-state index contributed by atoms with van der Waals surface area (Å²) in [4.78, 5) is 30.1. The molecule has 8 heteroatoms. The van der Waals surface area contributed by atoms with Crippen molar-refractivity contribution in [3.8, 4) is 5.69 Å². The SMILES string of the molecule is O=C(CSc1nc2ccccc2c(=O)n1-c1ccc(Cl)cc1)Nc1ccc(F)cc1. The highest BCUT2D eigenvalue weighted by atomic mass is 35.5. The van der Waals surface area contributed by atoms with Gasteiger partial charge in [0.05, 0.1) is 22.3 Å². The Morgan fingerprint density at radius 3 is 2.47 bits per heavy atom. The Bertz CT molecular complexity index is 1270. The molecular weight excluding hydrogens is 425 g/mol. The first-order chi connectivity index (χ1) is 14.5. The van der Waals surface area contributed by atoms with E-state index in [1.54, 1.807) is 48.5 Å². The summed E-state index contributed by atoms with van der Waals surface area (Å²) >= 11 is 7.12. The Kier molecular flexibility index (Phi) is 5.83. The van der Waals surface area contributed by atoms with Crippen LogP contribution in [-0.2, 0) is 4.79 Å². The maximum atomic E-state index is 13.1. The molecule has 0 radical (unpaired) electrons. The standard InChI is InChI=1S/C22H15ClFN3O2S/c23-14-5-11-17(12-6-14)27-21(29)18-3-1-2-4-19(18)26-22(27)30-13-20(28)25-16-9-7-15(24)8-10-16/h1-12H,13H2,(H,25,28). The Balaban J connectivity index is 1.66. The number of para-hydroxylation sites is 1. The number of fused-ring (bicyclic) bond motifs is 1. The lowest BCUT2D eigenvalue weighted by Gasteiger charge is -2.13. The molecule has 1 aromatic heterocycles. The molecule has 0 aliphatic rings. The zero-order chi connectivity index (χ0) is 21.1. The van der Waals surface area contributed by atoms with Crippen LogP contribution < -0.4 is 10.9 Å². The number of carbonyl (C=O) groups is 1. The average molecular weight is 440 g/mol. The fourth-order valence-electron chi connectivity index (χ4n) is 2.89. The van der Waals surface area contributed by atoms with Crippen molar-refractivity contribution in [2.24, 2.45) is 0 Å². The molecule has 150 valence electrons. The molecule has 0 bridgehead atoms. The van der Waals surface area contributed by atoms with E-state index in [-0.39, 0.29) is 23.0 Å². The molecule has 0 atom stereocenters. The van der Waals surface area contributed by atoms with Crippen molar-refractivity contribution >= 4 is 45.9 Å². The molecule has 30 heavy (non-hydrogen) atoms. The van der Waals surface area contributed by atoms with Crippen molar-refractivity contribution < 1.29 is 9.18 Å². The van der Waals surface area contributed by atoms with E-state index in [0.717, 1.165) is 11.8 Å². The maximum absolute atomic E-state index is 13.1. The average Bonchev–Trinajstić information content (AvgIpc) is 2.75. The second kappa shape index (κ2) is 8.69. The van der Waals surface area contributed by atoms with Gasteiger partial charge in [-0.15, -0.1) is 0 Å². The molecule has 4 rings (SSSR count). The number of nitrogens with one attached hydrogen (secondary N) is 1. The lowest BCUT2D eigenvalue weighted by Crippen LogP contribution is -2.23. The molecule has 1 amide bonds. The van der Waals surface area contributed by atoms with Crippen LogP contribution in [0.3, 0.4) is 0 Å². The summed E-state index contributed by atoms with van der Waals surface area (Å²) in [5.74, 6) is -0.651. The van der Waals surface area contributed by atoms with Crippen molar-refractivity contribution in [2.75, 3.05) is 11.1 Å². The van der Waals surface area contributed by atoms with Crippen LogP contribution >= 0.6 is 23.4 Å². The molecule has 0 spiro atoms. The van der Waals surface area contributed by atoms with E-state index >= 15 is 0 Å². The van der Waals surface area contributed by atoms with Crippen LogP contribution in [0.5, 0.6) is 0 Å². The van der Waals surface area contributed by atoms with Crippen molar-refractivity contribution in [1.29, 1.82) is 0 Å². The van der Waals surface area contributed by atoms with Gasteiger partial charge in [-0.2, -0.15) is 0 Å². The fraction of sp³-hybridized carbons (Fsp3) is 0.0455. The number of carbonyl (C=O) groups excluding carboxylic acids is 1.